The maximum atomic E-state index is 11.9. The van der Waals surface area contributed by atoms with Gasteiger partial charge in [-0.05, 0) is 18.6 Å². The number of aromatic nitrogens is 2. The Bertz CT molecular complexity index is 557. The summed E-state index contributed by atoms with van der Waals surface area (Å²) in [6.07, 6.45) is 1.53. The van der Waals surface area contributed by atoms with E-state index in [-0.39, 0.29) is 28.6 Å². The van der Waals surface area contributed by atoms with Crippen molar-refractivity contribution in [3.8, 4) is 0 Å². The van der Waals surface area contributed by atoms with E-state index < -0.39 is 5.97 Å². The zero-order chi connectivity index (χ0) is 12.6. The highest BCUT2D eigenvalue weighted by molar-refractivity contribution is 7.85. The molecule has 6 heteroatoms. The monoisotopic (exact) mass is 250 g/mol. The highest BCUT2D eigenvalue weighted by atomic mass is 32.1. The lowest BCUT2D eigenvalue weighted by Crippen LogP contribution is -2.14. The minimum absolute atomic E-state index is 0.0207. The van der Waals surface area contributed by atoms with E-state index >= 15 is 0 Å². The zero-order valence-corrected chi connectivity index (χ0v) is 10.0. The number of fused-ring (bicyclic) bond motifs is 1. The molecule has 0 fully saturated rings. The third-order valence-electron chi connectivity index (χ3n) is 2.33. The van der Waals surface area contributed by atoms with E-state index in [4.69, 9.17) is 4.74 Å². The fraction of sp³-hybridized carbons (Fsp3) is 0.182. The van der Waals surface area contributed by atoms with Gasteiger partial charge in [0.25, 0.3) is 0 Å². The van der Waals surface area contributed by atoms with Crippen molar-refractivity contribution in [1.29, 1.82) is 0 Å². The average Bonchev–Trinajstić information content (AvgIpc) is 2.71. The number of ether oxygens (including phenoxy) is 1. The Hall–Kier alpha value is -1.82. The Morgan fingerprint density at radius 3 is 3.00 bits per heavy atom. The van der Waals surface area contributed by atoms with Crippen molar-refractivity contribution in [3.63, 3.8) is 0 Å². The standard InChI is InChI=1S/C11H10N2O3S/c1-3-16-11(15)9-7-8(12-13-9)5(2)4-6(17)10(7)14/h4,17H,2-3H2,1H3,(H,12,13). The van der Waals surface area contributed by atoms with Gasteiger partial charge < -0.3 is 4.74 Å². The predicted molar refractivity (Wildman–Crippen MR) is 65.0 cm³/mol. The number of hydrogen-bond donors (Lipinski definition) is 2. The number of H-pyrrole nitrogens is 1. The van der Waals surface area contributed by atoms with Crippen LogP contribution in [0, 0.1) is 0 Å². The number of Topliss-reactive ketones (excluding diaryl/α,β-unsaturated/α-hetero) is 1. The van der Waals surface area contributed by atoms with E-state index in [9.17, 15) is 9.59 Å². The molecule has 0 spiro atoms. The topological polar surface area (TPSA) is 72.1 Å². The molecule has 2 rings (SSSR count). The van der Waals surface area contributed by atoms with Crippen LogP contribution in [0.2, 0.25) is 0 Å². The molecule has 1 aliphatic carbocycles. The van der Waals surface area contributed by atoms with Crippen LogP contribution in [-0.2, 0) is 4.74 Å². The van der Waals surface area contributed by atoms with Gasteiger partial charge in [-0.25, -0.2) is 4.79 Å². The molecule has 0 bridgehead atoms. The number of esters is 1. The Morgan fingerprint density at radius 1 is 1.65 bits per heavy atom. The second-order valence-electron chi connectivity index (χ2n) is 3.43. The molecule has 1 heterocycles. The summed E-state index contributed by atoms with van der Waals surface area (Å²) in [6, 6.07) is 0. The number of carbonyl (C=O) groups is 2. The SMILES string of the molecule is C=C1C=C(S)C(=O)c2c(C(=O)OCC)n[nH]c21. The van der Waals surface area contributed by atoms with Crippen LogP contribution in [0.5, 0.6) is 0 Å². The molecule has 0 aliphatic heterocycles. The van der Waals surface area contributed by atoms with Crippen LogP contribution in [0.1, 0.15) is 33.5 Å². The number of carbonyl (C=O) groups excluding carboxylic acids is 2. The summed E-state index contributed by atoms with van der Waals surface area (Å²) in [4.78, 5) is 23.7. The minimum atomic E-state index is -0.630. The maximum Gasteiger partial charge on any atom is 0.359 e. The van der Waals surface area contributed by atoms with Crippen molar-refractivity contribution >= 4 is 30.0 Å². The molecule has 17 heavy (non-hydrogen) atoms. The van der Waals surface area contributed by atoms with Gasteiger partial charge in [-0.3, -0.25) is 9.89 Å². The van der Waals surface area contributed by atoms with Crippen molar-refractivity contribution in [2.75, 3.05) is 6.61 Å². The van der Waals surface area contributed by atoms with E-state index in [0.717, 1.165) is 0 Å². The largest absolute Gasteiger partial charge is 0.461 e. The molecule has 0 saturated heterocycles. The van der Waals surface area contributed by atoms with Crippen molar-refractivity contribution in [2.24, 2.45) is 0 Å². The zero-order valence-electron chi connectivity index (χ0n) is 9.11. The summed E-state index contributed by atoms with van der Waals surface area (Å²) >= 11 is 4.04. The number of thiol groups is 1. The van der Waals surface area contributed by atoms with Crippen molar-refractivity contribution in [2.45, 2.75) is 6.92 Å². The normalized spacial score (nSPS) is 14.4. The molecule has 1 N–H and O–H groups in total. The maximum absolute atomic E-state index is 11.9. The predicted octanol–water partition coefficient (Wildman–Crippen LogP) is 1.61. The van der Waals surface area contributed by atoms with E-state index in [2.05, 4.69) is 29.4 Å². The quantitative estimate of drug-likeness (QED) is 0.618. The highest BCUT2D eigenvalue weighted by Crippen LogP contribution is 2.30. The van der Waals surface area contributed by atoms with E-state index in [1.807, 2.05) is 0 Å². The first kappa shape index (κ1) is 11.7. The molecule has 0 radical (unpaired) electrons. The van der Waals surface area contributed by atoms with Gasteiger partial charge in [0.1, 0.15) is 0 Å². The molecule has 0 amide bonds. The Kier molecular flexibility index (Phi) is 2.89. The van der Waals surface area contributed by atoms with Gasteiger partial charge in [0.05, 0.1) is 22.8 Å². The number of ketones is 1. The number of hydrogen-bond acceptors (Lipinski definition) is 5. The summed E-state index contributed by atoms with van der Waals surface area (Å²) in [5, 5.41) is 6.42. The first-order chi connectivity index (χ1) is 8.06. The molecular weight excluding hydrogens is 240 g/mol. The fourth-order valence-electron chi connectivity index (χ4n) is 1.57. The van der Waals surface area contributed by atoms with E-state index in [1.165, 1.54) is 6.08 Å². The summed E-state index contributed by atoms with van der Waals surface area (Å²) < 4.78 is 4.82. The minimum Gasteiger partial charge on any atom is -0.461 e. The first-order valence-electron chi connectivity index (χ1n) is 4.96. The highest BCUT2D eigenvalue weighted by Gasteiger charge is 2.30. The van der Waals surface area contributed by atoms with Gasteiger partial charge in [0.2, 0.25) is 5.78 Å². The van der Waals surface area contributed by atoms with E-state index in [1.54, 1.807) is 6.92 Å². The summed E-state index contributed by atoms with van der Waals surface area (Å²) in [5.41, 5.74) is 1.16. The van der Waals surface area contributed by atoms with Crippen LogP contribution in [0.15, 0.2) is 17.6 Å². The van der Waals surface area contributed by atoms with Crippen LogP contribution in [0.25, 0.3) is 5.57 Å². The van der Waals surface area contributed by atoms with Crippen LogP contribution in [-0.4, -0.2) is 28.6 Å². The van der Waals surface area contributed by atoms with Crippen molar-refractivity contribution in [1.82, 2.24) is 10.2 Å². The Morgan fingerprint density at radius 2 is 2.35 bits per heavy atom. The van der Waals surface area contributed by atoms with Gasteiger partial charge in [0, 0.05) is 0 Å². The van der Waals surface area contributed by atoms with Gasteiger partial charge in [-0.2, -0.15) is 5.10 Å². The molecule has 5 nitrogen and oxygen atoms in total. The summed E-state index contributed by atoms with van der Waals surface area (Å²) in [7, 11) is 0. The van der Waals surface area contributed by atoms with Crippen LogP contribution in [0.4, 0.5) is 0 Å². The third-order valence-corrected chi connectivity index (χ3v) is 2.66. The van der Waals surface area contributed by atoms with Gasteiger partial charge in [-0.15, -0.1) is 12.6 Å². The van der Waals surface area contributed by atoms with Gasteiger partial charge >= 0.3 is 5.97 Å². The molecule has 0 unspecified atom stereocenters. The smallest absolute Gasteiger partial charge is 0.359 e. The number of aromatic amines is 1. The Labute approximate surface area is 103 Å². The molecular formula is C11H10N2O3S. The van der Waals surface area contributed by atoms with E-state index in [0.29, 0.717) is 11.3 Å². The summed E-state index contributed by atoms with van der Waals surface area (Å²) in [5.74, 6) is -0.985. The van der Waals surface area contributed by atoms with Crippen molar-refractivity contribution in [3.05, 3.63) is 34.5 Å². The molecule has 1 aromatic rings. The second-order valence-corrected chi connectivity index (χ2v) is 3.91. The summed E-state index contributed by atoms with van der Waals surface area (Å²) in [6.45, 7) is 5.66. The van der Waals surface area contributed by atoms with Crippen LogP contribution < -0.4 is 0 Å². The molecule has 88 valence electrons. The fourth-order valence-corrected chi connectivity index (χ4v) is 1.84. The number of rotatable bonds is 2. The lowest BCUT2D eigenvalue weighted by Gasteiger charge is -2.10. The Balaban J connectivity index is 2.53. The number of allylic oxidation sites excluding steroid dienone is 3. The molecule has 0 saturated carbocycles. The van der Waals surface area contributed by atoms with Gasteiger partial charge in [0.15, 0.2) is 5.69 Å². The second kappa shape index (κ2) is 4.21. The van der Waals surface area contributed by atoms with Gasteiger partial charge in [-0.1, -0.05) is 6.58 Å². The molecule has 0 atom stereocenters. The lowest BCUT2D eigenvalue weighted by molar-refractivity contribution is 0.0516. The third kappa shape index (κ3) is 1.80. The van der Waals surface area contributed by atoms with Crippen LogP contribution in [0.3, 0.4) is 0 Å². The molecule has 1 aliphatic rings. The average molecular weight is 250 g/mol. The number of nitrogens with one attached hydrogen (secondary N) is 1. The molecule has 1 aromatic heterocycles. The van der Waals surface area contributed by atoms with Crippen LogP contribution >= 0.6 is 12.6 Å². The lowest BCUT2D eigenvalue weighted by atomic mass is 9.97. The first-order valence-corrected chi connectivity index (χ1v) is 5.41. The van der Waals surface area contributed by atoms with Crippen molar-refractivity contribution < 1.29 is 14.3 Å². The number of nitrogens with zero attached hydrogens (tertiary/aromatic N) is 1. The molecule has 0 aromatic carbocycles.